The van der Waals surface area contributed by atoms with E-state index in [0.717, 1.165) is 9.60 Å². The standard InChI is InChI=1S/C10H8F2S2/c1-5-2-3-6-4-7(13)14-9(6)8(5)10(11)12/h2-4,10,13H,1H3. The molecule has 2 aromatic rings. The highest BCUT2D eigenvalue weighted by atomic mass is 32.2. The molecule has 4 heteroatoms. The molecule has 0 saturated heterocycles. The van der Waals surface area contributed by atoms with Crippen LogP contribution in [0.4, 0.5) is 8.78 Å². The lowest BCUT2D eigenvalue weighted by molar-refractivity contribution is 0.152. The van der Waals surface area contributed by atoms with Crippen molar-refractivity contribution in [1.29, 1.82) is 0 Å². The normalized spacial score (nSPS) is 11.5. The van der Waals surface area contributed by atoms with E-state index in [-0.39, 0.29) is 5.56 Å². The fraction of sp³-hybridized carbons (Fsp3) is 0.200. The number of thiophene rings is 1. The second-order valence-corrected chi connectivity index (χ2v) is 4.94. The lowest BCUT2D eigenvalue weighted by Gasteiger charge is -2.05. The molecule has 0 fully saturated rings. The zero-order valence-corrected chi connectivity index (χ0v) is 9.13. The van der Waals surface area contributed by atoms with Gasteiger partial charge in [-0.2, -0.15) is 0 Å². The molecular formula is C10H8F2S2. The minimum Gasteiger partial charge on any atom is -0.205 e. The average molecular weight is 230 g/mol. The summed E-state index contributed by atoms with van der Waals surface area (Å²) in [6.07, 6.45) is -2.41. The molecule has 1 aromatic heterocycles. The first-order valence-electron chi connectivity index (χ1n) is 4.09. The Bertz CT molecular complexity index is 474. The van der Waals surface area contributed by atoms with Crippen LogP contribution in [-0.2, 0) is 0 Å². The molecular weight excluding hydrogens is 222 g/mol. The van der Waals surface area contributed by atoms with Crippen molar-refractivity contribution in [3.8, 4) is 0 Å². The molecule has 0 atom stereocenters. The molecule has 0 unspecified atom stereocenters. The van der Waals surface area contributed by atoms with Crippen LogP contribution in [0.25, 0.3) is 10.1 Å². The summed E-state index contributed by atoms with van der Waals surface area (Å²) in [6.45, 7) is 1.71. The topological polar surface area (TPSA) is 0 Å². The Morgan fingerprint density at radius 2 is 2.07 bits per heavy atom. The summed E-state index contributed by atoms with van der Waals surface area (Å²) in [5, 5.41) is 0.848. The number of benzene rings is 1. The molecule has 0 aliphatic heterocycles. The van der Waals surface area contributed by atoms with E-state index in [1.165, 1.54) is 11.3 Å². The molecule has 0 bridgehead atoms. The average Bonchev–Trinajstić information content (AvgIpc) is 2.43. The molecule has 74 valence electrons. The van der Waals surface area contributed by atoms with Crippen LogP contribution in [0.1, 0.15) is 17.6 Å². The van der Waals surface area contributed by atoms with E-state index < -0.39 is 6.43 Å². The van der Waals surface area contributed by atoms with Gasteiger partial charge in [-0.15, -0.1) is 24.0 Å². The lowest BCUT2D eigenvalue weighted by atomic mass is 10.1. The van der Waals surface area contributed by atoms with Crippen LogP contribution in [-0.4, -0.2) is 0 Å². The van der Waals surface area contributed by atoms with E-state index in [4.69, 9.17) is 0 Å². The number of thiol groups is 1. The Morgan fingerprint density at radius 3 is 2.71 bits per heavy atom. The minimum atomic E-state index is -2.41. The van der Waals surface area contributed by atoms with Crippen LogP contribution in [0.15, 0.2) is 22.4 Å². The van der Waals surface area contributed by atoms with Crippen molar-refractivity contribution >= 4 is 34.1 Å². The fourth-order valence-corrected chi connectivity index (χ4v) is 2.89. The van der Waals surface area contributed by atoms with Crippen molar-refractivity contribution in [3.63, 3.8) is 0 Å². The number of hydrogen-bond donors (Lipinski definition) is 1. The van der Waals surface area contributed by atoms with Crippen LogP contribution in [0.3, 0.4) is 0 Å². The summed E-state index contributed by atoms with van der Waals surface area (Å²) >= 11 is 5.47. The first-order valence-corrected chi connectivity index (χ1v) is 5.36. The molecule has 0 saturated carbocycles. The van der Waals surface area contributed by atoms with E-state index in [1.807, 2.05) is 12.1 Å². The van der Waals surface area contributed by atoms with E-state index >= 15 is 0 Å². The van der Waals surface area contributed by atoms with Gasteiger partial charge in [-0.3, -0.25) is 0 Å². The number of halogens is 2. The van der Waals surface area contributed by atoms with Gasteiger partial charge < -0.3 is 0 Å². The van der Waals surface area contributed by atoms with Gasteiger partial charge in [-0.1, -0.05) is 12.1 Å². The van der Waals surface area contributed by atoms with Gasteiger partial charge in [0.2, 0.25) is 0 Å². The molecule has 14 heavy (non-hydrogen) atoms. The molecule has 0 amide bonds. The quantitative estimate of drug-likeness (QED) is 0.688. The van der Waals surface area contributed by atoms with E-state index in [2.05, 4.69) is 12.6 Å². The second-order valence-electron chi connectivity index (χ2n) is 3.10. The van der Waals surface area contributed by atoms with Crippen LogP contribution in [0.5, 0.6) is 0 Å². The summed E-state index contributed by atoms with van der Waals surface area (Å²) in [6, 6.07) is 5.39. The van der Waals surface area contributed by atoms with Crippen molar-refractivity contribution in [2.24, 2.45) is 0 Å². The van der Waals surface area contributed by atoms with Gasteiger partial charge in [0, 0.05) is 10.3 Å². The highest BCUT2D eigenvalue weighted by Gasteiger charge is 2.16. The van der Waals surface area contributed by atoms with Crippen molar-refractivity contribution < 1.29 is 8.78 Å². The van der Waals surface area contributed by atoms with Gasteiger partial charge in [0.1, 0.15) is 0 Å². The van der Waals surface area contributed by atoms with Crippen LogP contribution in [0, 0.1) is 6.92 Å². The first-order chi connectivity index (χ1) is 6.59. The number of rotatable bonds is 1. The number of fused-ring (bicyclic) bond motifs is 1. The molecule has 0 radical (unpaired) electrons. The van der Waals surface area contributed by atoms with Gasteiger partial charge in [0.05, 0.1) is 4.21 Å². The molecule has 2 rings (SSSR count). The number of alkyl halides is 2. The number of hydrogen-bond acceptors (Lipinski definition) is 2. The highest BCUT2D eigenvalue weighted by molar-refractivity contribution is 7.83. The van der Waals surface area contributed by atoms with E-state index in [0.29, 0.717) is 10.3 Å². The van der Waals surface area contributed by atoms with Crippen molar-refractivity contribution in [2.75, 3.05) is 0 Å². The summed E-state index contributed by atoms with van der Waals surface area (Å²) in [5.41, 5.74) is 0.787. The molecule has 0 N–H and O–H groups in total. The summed E-state index contributed by atoms with van der Waals surface area (Å²) in [5.74, 6) is 0. The van der Waals surface area contributed by atoms with Gasteiger partial charge in [-0.25, -0.2) is 8.78 Å². The smallest absolute Gasteiger partial charge is 0.205 e. The second kappa shape index (κ2) is 3.51. The third-order valence-corrected chi connectivity index (χ3v) is 3.54. The van der Waals surface area contributed by atoms with Crippen molar-refractivity contribution in [3.05, 3.63) is 29.3 Å². The molecule has 0 aliphatic carbocycles. The van der Waals surface area contributed by atoms with Crippen LogP contribution in [0.2, 0.25) is 0 Å². The summed E-state index contributed by atoms with van der Waals surface area (Å²) < 4.78 is 26.9. The maximum absolute atomic E-state index is 12.7. The van der Waals surface area contributed by atoms with Gasteiger partial charge in [0.15, 0.2) is 0 Å². The largest absolute Gasteiger partial charge is 0.265 e. The Labute approximate surface area is 90.0 Å². The molecule has 1 aromatic carbocycles. The predicted molar refractivity (Wildman–Crippen MR) is 58.8 cm³/mol. The van der Waals surface area contributed by atoms with E-state index in [9.17, 15) is 8.78 Å². The zero-order chi connectivity index (χ0) is 10.3. The maximum Gasteiger partial charge on any atom is 0.265 e. The highest BCUT2D eigenvalue weighted by Crippen LogP contribution is 2.37. The zero-order valence-electron chi connectivity index (χ0n) is 7.42. The van der Waals surface area contributed by atoms with Gasteiger partial charge in [-0.05, 0) is 23.9 Å². The Hall–Kier alpha value is -0.610. The predicted octanol–water partition coefficient (Wildman–Crippen LogP) is 4.44. The maximum atomic E-state index is 12.7. The SMILES string of the molecule is Cc1ccc2cc(S)sc2c1C(F)F. The minimum absolute atomic E-state index is 0.146. The summed E-state index contributed by atoms with van der Waals surface area (Å²) in [7, 11) is 0. The fourth-order valence-electron chi connectivity index (χ4n) is 1.48. The molecule has 0 spiro atoms. The Morgan fingerprint density at radius 1 is 1.36 bits per heavy atom. The lowest BCUT2D eigenvalue weighted by Crippen LogP contribution is -1.88. The number of aryl methyl sites for hydroxylation is 1. The third-order valence-electron chi connectivity index (χ3n) is 2.15. The van der Waals surface area contributed by atoms with Crippen LogP contribution >= 0.6 is 24.0 Å². The molecule has 0 aliphatic rings. The van der Waals surface area contributed by atoms with Crippen molar-refractivity contribution in [2.45, 2.75) is 17.6 Å². The monoisotopic (exact) mass is 230 g/mol. The van der Waals surface area contributed by atoms with E-state index in [1.54, 1.807) is 13.0 Å². The van der Waals surface area contributed by atoms with Crippen LogP contribution < -0.4 is 0 Å². The Kier molecular flexibility index (Phi) is 2.49. The van der Waals surface area contributed by atoms with Gasteiger partial charge in [0.25, 0.3) is 6.43 Å². The molecule has 0 nitrogen and oxygen atoms in total. The summed E-state index contributed by atoms with van der Waals surface area (Å²) in [4.78, 5) is 0. The van der Waals surface area contributed by atoms with Crippen molar-refractivity contribution in [1.82, 2.24) is 0 Å². The van der Waals surface area contributed by atoms with Gasteiger partial charge >= 0.3 is 0 Å². The first kappa shape index (κ1) is 9.93. The molecule has 1 heterocycles. The Balaban J connectivity index is 2.82. The third kappa shape index (κ3) is 1.53.